The van der Waals surface area contributed by atoms with Crippen LogP contribution in [0.3, 0.4) is 0 Å². The lowest BCUT2D eigenvalue weighted by Gasteiger charge is -2.09. The van der Waals surface area contributed by atoms with Crippen molar-refractivity contribution in [1.82, 2.24) is 9.78 Å². The van der Waals surface area contributed by atoms with Gasteiger partial charge in [0.15, 0.2) is 5.82 Å². The average Bonchev–Trinajstić information content (AvgIpc) is 2.61. The van der Waals surface area contributed by atoms with E-state index >= 15 is 0 Å². The summed E-state index contributed by atoms with van der Waals surface area (Å²) >= 11 is 5.17. The van der Waals surface area contributed by atoms with Gasteiger partial charge in [0, 0.05) is 16.2 Å². The maximum absolute atomic E-state index is 13.6. The van der Waals surface area contributed by atoms with Gasteiger partial charge in [0.05, 0.1) is 15.0 Å². The lowest BCUT2D eigenvalue weighted by Crippen LogP contribution is -2.21. The summed E-state index contributed by atoms with van der Waals surface area (Å²) in [4.78, 5) is 12.0. The highest BCUT2D eigenvalue weighted by molar-refractivity contribution is 14.1. The van der Waals surface area contributed by atoms with Crippen molar-refractivity contribution < 1.29 is 13.6 Å². The number of nitrogens with zero attached hydrogens (tertiary/aromatic N) is 2. The summed E-state index contributed by atoms with van der Waals surface area (Å²) < 4.78 is 29.3. The molecule has 1 amide bonds. The predicted molar refractivity (Wildman–Crippen MR) is 87.1 cm³/mol. The quantitative estimate of drug-likeness (QED) is 0.695. The van der Waals surface area contributed by atoms with Crippen LogP contribution in [0, 0.1) is 29.1 Å². The Hall–Kier alpha value is -1.03. The van der Waals surface area contributed by atoms with Crippen LogP contribution in [0.4, 0.5) is 14.5 Å². The average molecular weight is 470 g/mol. The van der Waals surface area contributed by atoms with Gasteiger partial charge in [0.25, 0.3) is 0 Å². The van der Waals surface area contributed by atoms with E-state index in [4.69, 9.17) is 0 Å². The molecule has 1 heterocycles. The monoisotopic (exact) mass is 469 g/mol. The molecule has 1 aromatic carbocycles. The van der Waals surface area contributed by atoms with E-state index in [9.17, 15) is 13.6 Å². The second kappa shape index (κ2) is 6.39. The molecule has 0 fully saturated rings. The highest BCUT2D eigenvalue weighted by Gasteiger charge is 2.15. The molecule has 1 aromatic heterocycles. The maximum Gasteiger partial charge on any atom is 0.246 e. The standard InChI is InChI=1S/C13H11BrF2IN3O/c1-6-12(17)7(2)20(19-6)5-11(21)18-13-9(14)3-8(15)4-10(13)16/h3-4H,5H2,1-2H3,(H,18,21). The van der Waals surface area contributed by atoms with Crippen molar-refractivity contribution in [2.45, 2.75) is 20.4 Å². The van der Waals surface area contributed by atoms with E-state index in [2.05, 4.69) is 48.9 Å². The number of nitrogens with one attached hydrogen (secondary N) is 1. The molecule has 0 atom stereocenters. The molecule has 0 aliphatic carbocycles. The van der Waals surface area contributed by atoms with Crippen LogP contribution in [-0.4, -0.2) is 15.7 Å². The fourth-order valence-corrected chi connectivity index (χ4v) is 2.70. The number of carbonyl (C=O) groups excluding carboxylic acids is 1. The van der Waals surface area contributed by atoms with Gasteiger partial charge >= 0.3 is 0 Å². The molecule has 112 valence electrons. The van der Waals surface area contributed by atoms with Crippen molar-refractivity contribution in [2.24, 2.45) is 0 Å². The lowest BCUT2D eigenvalue weighted by molar-refractivity contribution is -0.117. The number of aromatic nitrogens is 2. The summed E-state index contributed by atoms with van der Waals surface area (Å²) in [5.74, 6) is -1.99. The zero-order chi connectivity index (χ0) is 15.7. The SMILES string of the molecule is Cc1nn(CC(=O)Nc2c(F)cc(F)cc2Br)c(C)c1I. The van der Waals surface area contributed by atoms with E-state index in [0.717, 1.165) is 21.0 Å². The number of anilines is 1. The smallest absolute Gasteiger partial charge is 0.246 e. The number of hydrogen-bond donors (Lipinski definition) is 1. The Kier molecular flexibility index (Phi) is 4.97. The Morgan fingerprint density at radius 2 is 2.10 bits per heavy atom. The Balaban J connectivity index is 2.17. The van der Waals surface area contributed by atoms with E-state index in [1.165, 1.54) is 0 Å². The molecule has 0 radical (unpaired) electrons. The Bertz CT molecular complexity index is 695. The van der Waals surface area contributed by atoms with Crippen LogP contribution in [0.2, 0.25) is 0 Å². The van der Waals surface area contributed by atoms with Crippen molar-refractivity contribution >= 4 is 50.1 Å². The summed E-state index contributed by atoms with van der Waals surface area (Å²) in [5.41, 5.74) is 1.61. The summed E-state index contributed by atoms with van der Waals surface area (Å²) in [6.45, 7) is 3.65. The topological polar surface area (TPSA) is 46.9 Å². The van der Waals surface area contributed by atoms with Crippen molar-refractivity contribution in [1.29, 1.82) is 0 Å². The first-order valence-electron chi connectivity index (χ1n) is 5.93. The zero-order valence-corrected chi connectivity index (χ0v) is 14.9. The van der Waals surface area contributed by atoms with E-state index < -0.39 is 17.5 Å². The van der Waals surface area contributed by atoms with E-state index in [1.807, 2.05) is 13.8 Å². The molecule has 2 rings (SSSR count). The third-order valence-electron chi connectivity index (χ3n) is 2.86. The van der Waals surface area contributed by atoms with Crippen molar-refractivity contribution in [3.8, 4) is 0 Å². The van der Waals surface area contributed by atoms with Crippen molar-refractivity contribution in [3.05, 3.63) is 43.2 Å². The molecule has 0 saturated carbocycles. The first-order chi connectivity index (χ1) is 9.79. The second-order valence-corrected chi connectivity index (χ2v) is 6.37. The summed E-state index contributed by atoms with van der Waals surface area (Å²) in [6.07, 6.45) is 0. The molecule has 0 saturated heterocycles. The number of rotatable bonds is 3. The van der Waals surface area contributed by atoms with Gasteiger partial charge in [-0.1, -0.05) is 0 Å². The second-order valence-electron chi connectivity index (χ2n) is 4.44. The number of benzene rings is 1. The van der Waals surface area contributed by atoms with Crippen LogP contribution in [0.15, 0.2) is 16.6 Å². The van der Waals surface area contributed by atoms with E-state index in [0.29, 0.717) is 6.07 Å². The molecule has 4 nitrogen and oxygen atoms in total. The van der Waals surface area contributed by atoms with E-state index in [1.54, 1.807) is 4.68 Å². The van der Waals surface area contributed by atoms with Gasteiger partial charge < -0.3 is 5.32 Å². The van der Waals surface area contributed by atoms with Crippen LogP contribution >= 0.6 is 38.5 Å². The summed E-state index contributed by atoms with van der Waals surface area (Å²) in [7, 11) is 0. The van der Waals surface area contributed by atoms with Gasteiger partial charge in [-0.25, -0.2) is 8.78 Å². The Morgan fingerprint density at radius 1 is 1.43 bits per heavy atom. The summed E-state index contributed by atoms with van der Waals surface area (Å²) in [6, 6.07) is 1.80. The molecular formula is C13H11BrF2IN3O. The molecule has 21 heavy (non-hydrogen) atoms. The highest BCUT2D eigenvalue weighted by atomic mass is 127. The van der Waals surface area contributed by atoms with Crippen molar-refractivity contribution in [2.75, 3.05) is 5.32 Å². The molecule has 8 heteroatoms. The fourth-order valence-electron chi connectivity index (χ4n) is 1.81. The van der Waals surface area contributed by atoms with Gasteiger partial charge in [-0.05, 0) is 58.4 Å². The third kappa shape index (κ3) is 3.60. The number of hydrogen-bond acceptors (Lipinski definition) is 2. The fraction of sp³-hybridized carbons (Fsp3) is 0.231. The van der Waals surface area contributed by atoms with Gasteiger partial charge in [-0.15, -0.1) is 0 Å². The van der Waals surface area contributed by atoms with Crippen LogP contribution in [-0.2, 0) is 11.3 Å². The van der Waals surface area contributed by atoms with Crippen LogP contribution in [0.5, 0.6) is 0 Å². The van der Waals surface area contributed by atoms with Crippen LogP contribution in [0.25, 0.3) is 0 Å². The molecule has 0 unspecified atom stereocenters. The number of halogens is 4. The number of aryl methyl sites for hydroxylation is 1. The van der Waals surface area contributed by atoms with Gasteiger partial charge in [-0.3, -0.25) is 9.48 Å². The maximum atomic E-state index is 13.6. The molecule has 0 aliphatic rings. The van der Waals surface area contributed by atoms with Crippen LogP contribution in [0.1, 0.15) is 11.4 Å². The van der Waals surface area contributed by atoms with Gasteiger partial charge in [0.1, 0.15) is 12.4 Å². The molecule has 1 N–H and O–H groups in total. The normalized spacial score (nSPS) is 10.8. The minimum absolute atomic E-state index is 0.0427. The first-order valence-corrected chi connectivity index (χ1v) is 7.80. The van der Waals surface area contributed by atoms with Crippen molar-refractivity contribution in [3.63, 3.8) is 0 Å². The van der Waals surface area contributed by atoms with Gasteiger partial charge in [0.2, 0.25) is 5.91 Å². The predicted octanol–water partition coefficient (Wildman–Crippen LogP) is 3.78. The highest BCUT2D eigenvalue weighted by Crippen LogP contribution is 2.27. The molecule has 0 aliphatic heterocycles. The zero-order valence-electron chi connectivity index (χ0n) is 11.2. The number of carbonyl (C=O) groups is 1. The number of amides is 1. The molecular weight excluding hydrogens is 459 g/mol. The molecule has 0 bridgehead atoms. The lowest BCUT2D eigenvalue weighted by atomic mass is 10.3. The first kappa shape index (κ1) is 16.3. The Morgan fingerprint density at radius 3 is 2.62 bits per heavy atom. The van der Waals surface area contributed by atoms with E-state index in [-0.39, 0.29) is 16.7 Å². The Labute approximate surface area is 142 Å². The van der Waals surface area contributed by atoms with Crippen LogP contribution < -0.4 is 5.32 Å². The molecule has 2 aromatic rings. The minimum Gasteiger partial charge on any atom is -0.321 e. The summed E-state index contributed by atoms with van der Waals surface area (Å²) in [5, 5.41) is 6.65. The largest absolute Gasteiger partial charge is 0.321 e. The van der Waals surface area contributed by atoms with Gasteiger partial charge in [-0.2, -0.15) is 5.10 Å². The minimum atomic E-state index is -0.835. The molecule has 0 spiro atoms. The third-order valence-corrected chi connectivity index (χ3v) is 5.04.